The van der Waals surface area contributed by atoms with Gasteiger partial charge in [-0.1, -0.05) is 6.58 Å². The zero-order valence-corrected chi connectivity index (χ0v) is 8.52. The zero-order valence-electron chi connectivity index (χ0n) is 7.76. The fourth-order valence-electron chi connectivity index (χ4n) is 1.63. The third kappa shape index (κ3) is 2.77. The second kappa shape index (κ2) is 5.57. The van der Waals surface area contributed by atoms with Crippen molar-refractivity contribution in [2.75, 3.05) is 39.4 Å². The van der Waals surface area contributed by atoms with Gasteiger partial charge in [-0.2, -0.15) is 0 Å². The van der Waals surface area contributed by atoms with Crippen LogP contribution in [0.15, 0.2) is 12.7 Å². The van der Waals surface area contributed by atoms with Crippen molar-refractivity contribution in [1.82, 2.24) is 0 Å². The fourth-order valence-corrected chi connectivity index (χ4v) is 1.63. The minimum Gasteiger partial charge on any atom is -1.00 e. The van der Waals surface area contributed by atoms with E-state index in [0.29, 0.717) is 0 Å². The number of morpholine rings is 1. The largest absolute Gasteiger partial charge is 1.00 e. The summed E-state index contributed by atoms with van der Waals surface area (Å²) in [5, 5.41) is 0. The molecule has 0 unspecified atom stereocenters. The topological polar surface area (TPSA) is 9.23 Å². The van der Waals surface area contributed by atoms with E-state index in [2.05, 4.69) is 13.5 Å². The quantitative estimate of drug-likeness (QED) is 0.372. The highest BCUT2D eigenvalue weighted by Crippen LogP contribution is 2.10. The van der Waals surface area contributed by atoms with Crippen molar-refractivity contribution >= 4 is 0 Å². The molecule has 1 saturated heterocycles. The summed E-state index contributed by atoms with van der Waals surface area (Å²) in [6.45, 7) is 12.5. The predicted molar refractivity (Wildman–Crippen MR) is 46.4 cm³/mol. The molecule has 72 valence electrons. The van der Waals surface area contributed by atoms with Crippen molar-refractivity contribution in [3.8, 4) is 0 Å². The Labute approximate surface area is 81.2 Å². The van der Waals surface area contributed by atoms with Crippen molar-refractivity contribution in [3.63, 3.8) is 0 Å². The smallest absolute Gasteiger partial charge is 0.103 e. The van der Waals surface area contributed by atoms with E-state index in [0.717, 1.165) is 32.8 Å². The van der Waals surface area contributed by atoms with E-state index in [1.54, 1.807) is 0 Å². The molecule has 1 aliphatic heterocycles. The Kier molecular flexibility index (Phi) is 5.55. The summed E-state index contributed by atoms with van der Waals surface area (Å²) in [7, 11) is 0. The maximum Gasteiger partial charge on any atom is 0.103 e. The molecule has 0 radical (unpaired) electrons. The molecule has 0 saturated carbocycles. The molecular weight excluding hydrogens is 174 g/mol. The maximum atomic E-state index is 5.32. The Morgan fingerprint density at radius 3 is 2.42 bits per heavy atom. The van der Waals surface area contributed by atoms with Crippen LogP contribution in [-0.4, -0.2) is 43.9 Å². The molecule has 0 spiro atoms. The highest BCUT2D eigenvalue weighted by Gasteiger charge is 2.26. The minimum atomic E-state index is 0. The fraction of sp³-hybridized carbons (Fsp3) is 0.778. The molecule has 1 fully saturated rings. The second-order valence-corrected chi connectivity index (χ2v) is 3.19. The van der Waals surface area contributed by atoms with Crippen molar-refractivity contribution in [1.29, 1.82) is 0 Å². The van der Waals surface area contributed by atoms with E-state index in [-0.39, 0.29) is 12.4 Å². The third-order valence-electron chi connectivity index (χ3n) is 2.61. The first-order valence-electron chi connectivity index (χ1n) is 4.37. The van der Waals surface area contributed by atoms with Gasteiger partial charge in [-0.05, 0) is 13.0 Å². The van der Waals surface area contributed by atoms with Gasteiger partial charge in [-0.15, -0.1) is 0 Å². The van der Waals surface area contributed by atoms with Gasteiger partial charge in [0.15, 0.2) is 0 Å². The van der Waals surface area contributed by atoms with Crippen LogP contribution in [0.3, 0.4) is 0 Å². The first kappa shape index (κ1) is 11.9. The SMILES string of the molecule is C=CC[N+]1(CC)CCOCC1.[Cl-]. The Hall–Kier alpha value is -0.0500. The number of hydrogen-bond acceptors (Lipinski definition) is 1. The van der Waals surface area contributed by atoms with Crippen LogP contribution >= 0.6 is 0 Å². The van der Waals surface area contributed by atoms with Crippen molar-refractivity contribution < 1.29 is 21.6 Å². The van der Waals surface area contributed by atoms with Crippen LogP contribution in [0.25, 0.3) is 0 Å². The molecule has 1 aliphatic rings. The van der Waals surface area contributed by atoms with Crippen molar-refractivity contribution in [3.05, 3.63) is 12.7 Å². The van der Waals surface area contributed by atoms with Crippen molar-refractivity contribution in [2.24, 2.45) is 0 Å². The molecule has 0 bridgehead atoms. The van der Waals surface area contributed by atoms with E-state index in [1.165, 1.54) is 11.0 Å². The minimum absolute atomic E-state index is 0. The molecule has 1 heterocycles. The molecule has 3 heteroatoms. The molecule has 0 aliphatic carbocycles. The standard InChI is InChI=1S/C9H18NO.ClH/c1-3-5-10(4-2)6-8-11-9-7-10;/h3H,1,4-9H2,2H3;1H/q+1;/p-1. The van der Waals surface area contributed by atoms with Gasteiger partial charge in [0.05, 0.1) is 26.3 Å². The lowest BCUT2D eigenvalue weighted by atomic mass is 10.3. The van der Waals surface area contributed by atoms with Gasteiger partial charge in [-0.25, -0.2) is 0 Å². The van der Waals surface area contributed by atoms with Gasteiger partial charge < -0.3 is 21.6 Å². The normalized spacial score (nSPS) is 21.1. The third-order valence-corrected chi connectivity index (χ3v) is 2.61. The average molecular weight is 192 g/mol. The molecule has 12 heavy (non-hydrogen) atoms. The van der Waals surface area contributed by atoms with Crippen LogP contribution in [0.1, 0.15) is 6.92 Å². The number of likely N-dealkylation sites (N-methyl/N-ethyl adjacent to an activating group) is 1. The van der Waals surface area contributed by atoms with Gasteiger partial charge in [0.1, 0.15) is 13.1 Å². The Bertz CT molecular complexity index is 132. The highest BCUT2D eigenvalue weighted by atomic mass is 35.5. The van der Waals surface area contributed by atoms with E-state index in [9.17, 15) is 0 Å². The lowest BCUT2D eigenvalue weighted by Crippen LogP contribution is -3.00. The van der Waals surface area contributed by atoms with E-state index in [1.807, 2.05) is 6.08 Å². The van der Waals surface area contributed by atoms with Crippen LogP contribution in [0.4, 0.5) is 0 Å². The molecule has 0 amide bonds. The predicted octanol–water partition coefficient (Wildman–Crippen LogP) is -1.96. The van der Waals surface area contributed by atoms with Crippen LogP contribution in [0.5, 0.6) is 0 Å². The Balaban J connectivity index is 0.00000121. The molecular formula is C9H18ClNO. The maximum absolute atomic E-state index is 5.32. The van der Waals surface area contributed by atoms with Gasteiger partial charge >= 0.3 is 0 Å². The number of rotatable bonds is 3. The number of halogens is 1. The lowest BCUT2D eigenvalue weighted by Gasteiger charge is -2.39. The molecule has 0 aromatic rings. The molecule has 2 nitrogen and oxygen atoms in total. The van der Waals surface area contributed by atoms with Crippen LogP contribution in [-0.2, 0) is 4.74 Å². The summed E-state index contributed by atoms with van der Waals surface area (Å²) < 4.78 is 6.49. The van der Waals surface area contributed by atoms with E-state index in [4.69, 9.17) is 4.74 Å². The summed E-state index contributed by atoms with van der Waals surface area (Å²) in [5.41, 5.74) is 0. The molecule has 0 aromatic heterocycles. The van der Waals surface area contributed by atoms with Crippen molar-refractivity contribution in [2.45, 2.75) is 6.92 Å². The molecule has 0 aromatic carbocycles. The summed E-state index contributed by atoms with van der Waals surface area (Å²) in [4.78, 5) is 0. The lowest BCUT2D eigenvalue weighted by molar-refractivity contribution is -0.928. The van der Waals surface area contributed by atoms with Crippen LogP contribution in [0, 0.1) is 0 Å². The first-order valence-corrected chi connectivity index (χ1v) is 4.37. The van der Waals surface area contributed by atoms with Crippen LogP contribution < -0.4 is 12.4 Å². The average Bonchev–Trinajstić information content (AvgIpc) is 2.07. The second-order valence-electron chi connectivity index (χ2n) is 3.19. The number of nitrogens with zero attached hydrogens (tertiary/aromatic N) is 1. The van der Waals surface area contributed by atoms with E-state index < -0.39 is 0 Å². The number of hydrogen-bond donors (Lipinski definition) is 0. The van der Waals surface area contributed by atoms with Gasteiger partial charge in [0.25, 0.3) is 0 Å². The molecule has 0 atom stereocenters. The summed E-state index contributed by atoms with van der Waals surface area (Å²) >= 11 is 0. The summed E-state index contributed by atoms with van der Waals surface area (Å²) in [6.07, 6.45) is 2.02. The Morgan fingerprint density at radius 2 is 2.00 bits per heavy atom. The first-order chi connectivity index (χ1) is 5.33. The Morgan fingerprint density at radius 1 is 1.42 bits per heavy atom. The van der Waals surface area contributed by atoms with Gasteiger partial charge in [0.2, 0.25) is 0 Å². The number of quaternary nitrogens is 1. The van der Waals surface area contributed by atoms with Gasteiger partial charge in [-0.3, -0.25) is 0 Å². The van der Waals surface area contributed by atoms with Gasteiger partial charge in [0, 0.05) is 0 Å². The summed E-state index contributed by atoms with van der Waals surface area (Å²) in [5.74, 6) is 0. The number of ether oxygens (including phenoxy) is 1. The van der Waals surface area contributed by atoms with Crippen LogP contribution in [0.2, 0.25) is 0 Å². The molecule has 1 rings (SSSR count). The highest BCUT2D eigenvalue weighted by molar-refractivity contribution is 4.67. The zero-order chi connectivity index (χ0) is 8.16. The summed E-state index contributed by atoms with van der Waals surface area (Å²) in [6, 6.07) is 0. The van der Waals surface area contributed by atoms with E-state index >= 15 is 0 Å². The monoisotopic (exact) mass is 191 g/mol. The molecule has 0 N–H and O–H groups in total.